The number of amides is 2. The predicted molar refractivity (Wildman–Crippen MR) is 109 cm³/mol. The summed E-state index contributed by atoms with van der Waals surface area (Å²) >= 11 is 7.44. The maximum atomic E-state index is 12.2. The summed E-state index contributed by atoms with van der Waals surface area (Å²) in [5.74, 6) is -1.57. The summed E-state index contributed by atoms with van der Waals surface area (Å²) in [6, 6.07) is 13.0. The molecule has 0 aliphatic rings. The molecule has 0 radical (unpaired) electrons. The molecule has 0 aliphatic heterocycles. The van der Waals surface area contributed by atoms with Gasteiger partial charge in [-0.15, -0.1) is 11.8 Å². The fraction of sp³-hybridized carbons (Fsp3) is 0.211. The largest absolute Gasteiger partial charge is 0.471 e. The third kappa shape index (κ3) is 7.43. The lowest BCUT2D eigenvalue weighted by Crippen LogP contribution is -2.29. The van der Waals surface area contributed by atoms with Crippen molar-refractivity contribution in [2.75, 3.05) is 11.1 Å². The van der Waals surface area contributed by atoms with E-state index in [1.54, 1.807) is 18.3 Å². The highest BCUT2D eigenvalue weighted by atomic mass is 35.5. The fourth-order valence-corrected chi connectivity index (χ4v) is 3.21. The van der Waals surface area contributed by atoms with E-state index in [0.29, 0.717) is 22.1 Å². The number of halogens is 4. The van der Waals surface area contributed by atoms with Crippen LogP contribution in [0, 0.1) is 0 Å². The first kappa shape index (κ1) is 22.8. The van der Waals surface area contributed by atoms with Crippen LogP contribution in [0.2, 0.25) is 5.02 Å². The summed E-state index contributed by atoms with van der Waals surface area (Å²) in [5.41, 5.74) is 4.41. The number of nitrogens with zero attached hydrogens (tertiary/aromatic N) is 1. The highest BCUT2D eigenvalue weighted by Gasteiger charge is 2.38. The molecule has 5 nitrogen and oxygen atoms in total. The summed E-state index contributed by atoms with van der Waals surface area (Å²) in [6.07, 6.45) is -4.95. The number of carbonyl (C=O) groups excluding carboxylic acids is 2. The fourth-order valence-electron chi connectivity index (χ4n) is 2.11. The Kier molecular flexibility index (Phi) is 8.10. The van der Waals surface area contributed by atoms with Crippen LogP contribution in [0.5, 0.6) is 0 Å². The minimum absolute atomic E-state index is 0.00360. The van der Waals surface area contributed by atoms with Gasteiger partial charge in [0.15, 0.2) is 0 Å². The van der Waals surface area contributed by atoms with Crippen LogP contribution in [-0.2, 0) is 15.3 Å². The molecule has 29 heavy (non-hydrogen) atoms. The van der Waals surface area contributed by atoms with E-state index in [1.807, 2.05) is 18.2 Å². The van der Waals surface area contributed by atoms with E-state index in [2.05, 4.69) is 10.5 Å². The van der Waals surface area contributed by atoms with E-state index < -0.39 is 12.1 Å². The average molecular weight is 444 g/mol. The first-order valence-corrected chi connectivity index (χ1v) is 9.83. The number of alkyl halides is 3. The monoisotopic (exact) mass is 443 g/mol. The molecule has 10 heteroatoms. The van der Waals surface area contributed by atoms with Crippen molar-refractivity contribution in [3.8, 4) is 0 Å². The maximum absolute atomic E-state index is 12.2. The highest BCUT2D eigenvalue weighted by molar-refractivity contribution is 7.99. The number of hydrazone groups is 1. The normalized spacial score (nSPS) is 11.8. The second-order valence-corrected chi connectivity index (χ2v) is 7.24. The summed E-state index contributed by atoms with van der Waals surface area (Å²) in [5, 5.41) is 6.37. The van der Waals surface area contributed by atoms with Crippen LogP contribution < -0.4 is 10.7 Å². The maximum Gasteiger partial charge on any atom is 0.471 e. The van der Waals surface area contributed by atoms with Gasteiger partial charge in [-0.05, 0) is 36.2 Å². The zero-order chi connectivity index (χ0) is 21.4. The van der Waals surface area contributed by atoms with Crippen molar-refractivity contribution in [3.05, 3.63) is 64.7 Å². The first-order valence-electron chi connectivity index (χ1n) is 8.29. The van der Waals surface area contributed by atoms with Crippen molar-refractivity contribution in [1.29, 1.82) is 0 Å². The van der Waals surface area contributed by atoms with Crippen LogP contribution in [0.3, 0.4) is 0 Å². The third-order valence-electron chi connectivity index (χ3n) is 3.61. The van der Waals surface area contributed by atoms with Gasteiger partial charge in [0.1, 0.15) is 0 Å². The lowest BCUT2D eigenvalue weighted by atomic mass is 10.1. The van der Waals surface area contributed by atoms with Crippen LogP contribution in [-0.4, -0.2) is 29.5 Å². The molecule has 0 aliphatic carbocycles. The van der Waals surface area contributed by atoms with Crippen molar-refractivity contribution >= 4 is 46.6 Å². The van der Waals surface area contributed by atoms with Gasteiger partial charge < -0.3 is 5.32 Å². The molecule has 0 atom stereocenters. The molecule has 0 heterocycles. The van der Waals surface area contributed by atoms with Gasteiger partial charge in [0.05, 0.1) is 11.5 Å². The van der Waals surface area contributed by atoms with Crippen LogP contribution >= 0.6 is 23.4 Å². The lowest BCUT2D eigenvalue weighted by molar-refractivity contribution is -0.167. The topological polar surface area (TPSA) is 70.6 Å². The molecular weight excluding hydrogens is 427 g/mol. The summed E-state index contributed by atoms with van der Waals surface area (Å²) in [7, 11) is 0. The van der Waals surface area contributed by atoms with E-state index in [-0.39, 0.29) is 17.3 Å². The summed E-state index contributed by atoms with van der Waals surface area (Å²) in [4.78, 5) is 22.8. The Morgan fingerprint density at radius 3 is 2.38 bits per heavy atom. The predicted octanol–water partition coefficient (Wildman–Crippen LogP) is 4.61. The van der Waals surface area contributed by atoms with Gasteiger partial charge in [0.25, 0.3) is 0 Å². The standard InChI is InChI=1S/C19H17ClF3N3O2S/c1-12(13-6-8-15(9-7-13)24-18(28)19(21,22)23)25-26-17(27)11-29-10-14-4-2-3-5-16(14)20/h2-9H,10-11H2,1H3,(H,24,28)(H,26,27)/b25-12-. The average Bonchev–Trinajstić information content (AvgIpc) is 2.67. The molecule has 0 fully saturated rings. The van der Waals surface area contributed by atoms with Crippen LogP contribution in [0.1, 0.15) is 18.1 Å². The van der Waals surface area contributed by atoms with Crippen molar-refractivity contribution in [1.82, 2.24) is 5.43 Å². The second-order valence-electron chi connectivity index (χ2n) is 5.85. The minimum Gasteiger partial charge on any atom is -0.318 e. The zero-order valence-corrected chi connectivity index (χ0v) is 16.8. The molecule has 0 spiro atoms. The van der Waals surface area contributed by atoms with Gasteiger partial charge in [0.2, 0.25) is 5.91 Å². The molecule has 2 aromatic carbocycles. The van der Waals surface area contributed by atoms with Gasteiger partial charge in [-0.25, -0.2) is 5.43 Å². The Balaban J connectivity index is 1.83. The van der Waals surface area contributed by atoms with Crippen molar-refractivity contribution in [2.24, 2.45) is 5.10 Å². The summed E-state index contributed by atoms with van der Waals surface area (Å²) < 4.78 is 36.7. The SMILES string of the molecule is C/C(=N/NC(=O)CSCc1ccccc1Cl)c1ccc(NC(=O)C(F)(F)F)cc1. The number of nitrogens with one attached hydrogen (secondary N) is 2. The molecule has 0 bridgehead atoms. The third-order valence-corrected chi connectivity index (χ3v) is 4.97. The number of anilines is 1. The Hall–Kier alpha value is -2.52. The van der Waals surface area contributed by atoms with E-state index in [0.717, 1.165) is 5.56 Å². The Morgan fingerprint density at radius 1 is 1.10 bits per heavy atom. The Morgan fingerprint density at radius 2 is 1.76 bits per heavy atom. The smallest absolute Gasteiger partial charge is 0.318 e. The molecule has 2 rings (SSSR count). The second kappa shape index (κ2) is 10.3. The molecule has 2 aromatic rings. The number of hydrogen-bond donors (Lipinski definition) is 2. The van der Waals surface area contributed by atoms with Crippen molar-refractivity contribution in [3.63, 3.8) is 0 Å². The zero-order valence-electron chi connectivity index (χ0n) is 15.2. The number of hydrogen-bond acceptors (Lipinski definition) is 4. The molecule has 0 saturated carbocycles. The minimum atomic E-state index is -4.95. The number of benzene rings is 2. The van der Waals surface area contributed by atoms with Gasteiger partial charge in [0, 0.05) is 16.5 Å². The van der Waals surface area contributed by atoms with Crippen molar-refractivity contribution in [2.45, 2.75) is 18.9 Å². The van der Waals surface area contributed by atoms with Crippen molar-refractivity contribution < 1.29 is 22.8 Å². The number of rotatable bonds is 7. The van der Waals surface area contributed by atoms with Crippen LogP contribution in [0.4, 0.5) is 18.9 Å². The Labute approximate surface area is 174 Å². The Bertz CT molecular complexity index is 902. The van der Waals surface area contributed by atoms with Crippen LogP contribution in [0.15, 0.2) is 53.6 Å². The molecule has 154 valence electrons. The highest BCUT2D eigenvalue weighted by Crippen LogP contribution is 2.21. The van der Waals surface area contributed by atoms with Gasteiger partial charge in [-0.2, -0.15) is 18.3 Å². The molecular formula is C19H17ClF3N3O2S. The molecule has 0 unspecified atom stereocenters. The van der Waals surface area contributed by atoms with E-state index in [1.165, 1.54) is 36.0 Å². The molecule has 0 saturated heterocycles. The lowest BCUT2D eigenvalue weighted by Gasteiger charge is -2.08. The van der Waals surface area contributed by atoms with Gasteiger partial charge in [-0.1, -0.05) is 41.9 Å². The van der Waals surface area contributed by atoms with Gasteiger partial charge >= 0.3 is 12.1 Å². The molecule has 2 amide bonds. The number of thioether (sulfide) groups is 1. The van der Waals surface area contributed by atoms with Gasteiger partial charge in [-0.3, -0.25) is 9.59 Å². The molecule has 2 N–H and O–H groups in total. The number of carbonyl (C=O) groups is 2. The molecule has 0 aromatic heterocycles. The van der Waals surface area contributed by atoms with E-state index >= 15 is 0 Å². The van der Waals surface area contributed by atoms with E-state index in [4.69, 9.17) is 11.6 Å². The van der Waals surface area contributed by atoms with Crippen LogP contribution in [0.25, 0.3) is 0 Å². The summed E-state index contributed by atoms with van der Waals surface area (Å²) in [6.45, 7) is 1.64. The quantitative estimate of drug-likeness (QED) is 0.484. The van der Waals surface area contributed by atoms with E-state index in [9.17, 15) is 22.8 Å². The first-order chi connectivity index (χ1) is 13.7.